The van der Waals surface area contributed by atoms with Crippen LogP contribution in [-0.2, 0) is 0 Å². The number of anilines is 1. The molecule has 0 spiro atoms. The number of phenolic OH excluding ortho intramolecular Hbond substituents is 1. The van der Waals surface area contributed by atoms with Gasteiger partial charge >= 0.3 is 0 Å². The Bertz CT molecular complexity index is 402. The van der Waals surface area contributed by atoms with Crippen LogP contribution in [0.4, 0.5) is 5.69 Å². The van der Waals surface area contributed by atoms with Gasteiger partial charge in [-0.3, -0.25) is 4.79 Å². The zero-order valence-electron chi connectivity index (χ0n) is 8.57. The highest BCUT2D eigenvalue weighted by Gasteiger charge is 2.13. The Morgan fingerprint density at radius 1 is 1.60 bits per heavy atom. The third kappa shape index (κ3) is 2.07. The number of hydrogen-bond acceptors (Lipinski definition) is 4. The van der Waals surface area contributed by atoms with E-state index in [0.717, 1.165) is 0 Å². The first-order valence-corrected chi connectivity index (χ1v) is 4.23. The largest absolute Gasteiger partial charge is 0.504 e. The maximum Gasteiger partial charge on any atom is 0.278 e. The van der Waals surface area contributed by atoms with E-state index in [1.165, 1.54) is 19.2 Å². The molecule has 80 valence electrons. The molecular formula is C10H12N2O3. The van der Waals surface area contributed by atoms with Gasteiger partial charge < -0.3 is 15.2 Å². The van der Waals surface area contributed by atoms with Gasteiger partial charge in [0.25, 0.3) is 5.91 Å². The van der Waals surface area contributed by atoms with Crippen molar-refractivity contribution in [3.8, 4) is 11.5 Å². The van der Waals surface area contributed by atoms with Crippen molar-refractivity contribution in [1.82, 2.24) is 0 Å². The number of carbonyl (C=O) groups is 1. The predicted octanol–water partition coefficient (Wildman–Crippen LogP) is 1.28. The lowest BCUT2D eigenvalue weighted by Crippen LogP contribution is -2.02. The number of nitrogens with one attached hydrogen (secondary N) is 1. The molecule has 2 N–H and O–H groups in total. The molecule has 15 heavy (non-hydrogen) atoms. The molecule has 5 heteroatoms. The Balaban J connectivity index is 3.33. The monoisotopic (exact) mass is 208 g/mol. The number of carbonyl (C=O) groups excluding carboxylic acids is 1. The van der Waals surface area contributed by atoms with Gasteiger partial charge in [0.05, 0.1) is 18.4 Å². The lowest BCUT2D eigenvalue weighted by atomic mass is 10.1. The maximum atomic E-state index is 11.3. The molecule has 0 bridgehead atoms. The fourth-order valence-corrected chi connectivity index (χ4v) is 1.20. The maximum absolute atomic E-state index is 11.3. The Morgan fingerprint density at radius 3 is 2.73 bits per heavy atom. The van der Waals surface area contributed by atoms with E-state index in [4.69, 9.17) is 4.74 Å². The second-order valence-electron chi connectivity index (χ2n) is 2.78. The molecule has 5 nitrogen and oxygen atoms in total. The first-order valence-electron chi connectivity index (χ1n) is 4.23. The van der Waals surface area contributed by atoms with E-state index in [9.17, 15) is 9.90 Å². The number of rotatable bonds is 3. The van der Waals surface area contributed by atoms with E-state index >= 15 is 0 Å². The number of methoxy groups -OCH3 is 1. The van der Waals surface area contributed by atoms with Crippen LogP contribution in [0.5, 0.6) is 11.5 Å². The van der Waals surface area contributed by atoms with Crippen molar-refractivity contribution in [3.05, 3.63) is 17.7 Å². The highest BCUT2D eigenvalue weighted by Crippen LogP contribution is 2.32. The third-order valence-electron chi connectivity index (χ3n) is 1.96. The zero-order chi connectivity index (χ0) is 11.4. The van der Waals surface area contributed by atoms with Gasteiger partial charge in [-0.1, -0.05) is 0 Å². The van der Waals surface area contributed by atoms with Crippen molar-refractivity contribution in [3.63, 3.8) is 0 Å². The summed E-state index contributed by atoms with van der Waals surface area (Å²) in [7, 11) is 3.09. The lowest BCUT2D eigenvalue weighted by Gasteiger charge is -2.10. The van der Waals surface area contributed by atoms with Crippen LogP contribution < -0.4 is 10.1 Å². The minimum Gasteiger partial charge on any atom is -0.504 e. The second kappa shape index (κ2) is 4.45. The summed E-state index contributed by atoms with van der Waals surface area (Å²) in [6, 6.07) is 2.81. The van der Waals surface area contributed by atoms with Gasteiger partial charge in [-0.15, -0.1) is 0 Å². The fraction of sp³-hybridized carbons (Fsp3) is 0.200. The highest BCUT2D eigenvalue weighted by atomic mass is 16.5. The van der Waals surface area contributed by atoms with E-state index in [0.29, 0.717) is 11.4 Å². The lowest BCUT2D eigenvalue weighted by molar-refractivity contribution is 0.100. The van der Waals surface area contributed by atoms with Gasteiger partial charge in [0.1, 0.15) is 0 Å². The summed E-state index contributed by atoms with van der Waals surface area (Å²) in [6.07, 6.45) is 0. The molecule has 0 aliphatic carbocycles. The van der Waals surface area contributed by atoms with Crippen LogP contribution in [0.2, 0.25) is 0 Å². The molecule has 0 atom stereocenters. The normalized spacial score (nSPS) is 9.47. The molecule has 0 heterocycles. The van der Waals surface area contributed by atoms with Crippen molar-refractivity contribution in [2.75, 3.05) is 19.5 Å². The van der Waals surface area contributed by atoms with Crippen molar-refractivity contribution >= 4 is 18.3 Å². The molecule has 1 rings (SSSR count). The van der Waals surface area contributed by atoms with Crippen LogP contribution in [0.1, 0.15) is 10.4 Å². The minimum absolute atomic E-state index is 0.108. The number of nitrogens with zero attached hydrogens (tertiary/aromatic N) is 1. The number of aliphatic imine (C=N–C) groups is 1. The van der Waals surface area contributed by atoms with Gasteiger partial charge in [0, 0.05) is 13.1 Å². The van der Waals surface area contributed by atoms with Crippen LogP contribution in [0.25, 0.3) is 0 Å². The summed E-state index contributed by atoms with van der Waals surface area (Å²) in [6.45, 7) is 3.14. The molecule has 1 aromatic carbocycles. The molecule has 0 saturated heterocycles. The van der Waals surface area contributed by atoms with Gasteiger partial charge in [0.2, 0.25) is 0 Å². The Kier molecular flexibility index (Phi) is 3.28. The number of hydrogen-bond donors (Lipinski definition) is 2. The van der Waals surface area contributed by atoms with Gasteiger partial charge in [-0.05, 0) is 12.8 Å². The van der Waals surface area contributed by atoms with Gasteiger partial charge in [-0.2, -0.15) is 0 Å². The number of ether oxygens (including phenoxy) is 1. The van der Waals surface area contributed by atoms with Crippen LogP contribution in [0, 0.1) is 0 Å². The molecule has 0 radical (unpaired) electrons. The summed E-state index contributed by atoms with van der Waals surface area (Å²) in [5.74, 6) is -0.319. The molecule has 1 aromatic rings. The predicted molar refractivity (Wildman–Crippen MR) is 58.1 cm³/mol. The second-order valence-corrected chi connectivity index (χ2v) is 2.78. The molecule has 0 aromatic heterocycles. The number of phenols is 1. The zero-order valence-corrected chi connectivity index (χ0v) is 8.57. The van der Waals surface area contributed by atoms with Gasteiger partial charge in [0.15, 0.2) is 11.5 Å². The Morgan fingerprint density at radius 2 is 2.27 bits per heavy atom. The highest BCUT2D eigenvalue weighted by molar-refractivity contribution is 6.02. The molecule has 0 unspecified atom stereocenters. The molecule has 0 aliphatic heterocycles. The van der Waals surface area contributed by atoms with Gasteiger partial charge in [-0.25, -0.2) is 4.99 Å². The summed E-state index contributed by atoms with van der Waals surface area (Å²) < 4.78 is 4.91. The quantitative estimate of drug-likeness (QED) is 0.580. The molecule has 0 fully saturated rings. The Hall–Kier alpha value is -2.04. The van der Waals surface area contributed by atoms with E-state index in [1.807, 2.05) is 0 Å². The molecule has 1 amide bonds. The Labute approximate surface area is 87.4 Å². The number of aromatic hydroxyl groups is 1. The average Bonchev–Trinajstić information content (AvgIpc) is 2.27. The van der Waals surface area contributed by atoms with Crippen molar-refractivity contribution in [2.45, 2.75) is 0 Å². The van der Waals surface area contributed by atoms with Crippen LogP contribution >= 0.6 is 0 Å². The van der Waals surface area contributed by atoms with Crippen LogP contribution in [0.3, 0.4) is 0 Å². The first kappa shape index (κ1) is 11.0. The van der Waals surface area contributed by atoms with Crippen molar-refractivity contribution < 1.29 is 14.6 Å². The smallest absolute Gasteiger partial charge is 0.278 e. The summed E-state index contributed by atoms with van der Waals surface area (Å²) in [5, 5.41) is 12.3. The molecule has 0 aliphatic rings. The van der Waals surface area contributed by atoms with E-state index in [2.05, 4.69) is 17.0 Å². The summed E-state index contributed by atoms with van der Waals surface area (Å²) in [4.78, 5) is 14.6. The fourth-order valence-electron chi connectivity index (χ4n) is 1.20. The number of amides is 1. The van der Waals surface area contributed by atoms with E-state index in [1.54, 1.807) is 7.05 Å². The average molecular weight is 208 g/mol. The third-order valence-corrected chi connectivity index (χ3v) is 1.96. The van der Waals surface area contributed by atoms with Crippen LogP contribution in [0.15, 0.2) is 17.1 Å². The first-order chi connectivity index (χ1) is 7.13. The standard InChI is InChI=1S/C10H12N2O3/c1-11-7-5-9(15-3)8(13)4-6(7)10(14)12-2/h4-5,11,13H,2H2,1,3H3. The van der Waals surface area contributed by atoms with Crippen LogP contribution in [-0.4, -0.2) is 31.9 Å². The summed E-state index contributed by atoms with van der Waals surface area (Å²) >= 11 is 0. The minimum atomic E-state index is -0.502. The van der Waals surface area contributed by atoms with E-state index in [-0.39, 0.29) is 11.3 Å². The van der Waals surface area contributed by atoms with E-state index < -0.39 is 5.91 Å². The topological polar surface area (TPSA) is 70.9 Å². The SMILES string of the molecule is C=NC(=O)c1cc(O)c(OC)cc1NC. The molecular weight excluding hydrogens is 196 g/mol. The van der Waals surface area contributed by atoms with Crippen molar-refractivity contribution in [1.29, 1.82) is 0 Å². The molecule has 0 saturated carbocycles. The van der Waals surface area contributed by atoms with Crippen molar-refractivity contribution in [2.24, 2.45) is 4.99 Å². The summed E-state index contributed by atoms with van der Waals surface area (Å²) in [5.41, 5.74) is 0.785. The number of benzene rings is 1.